The summed E-state index contributed by atoms with van der Waals surface area (Å²) < 4.78 is 0. The topological polar surface area (TPSA) is 49.0 Å². The van der Waals surface area contributed by atoms with E-state index < -0.39 is 0 Å². The van der Waals surface area contributed by atoms with Crippen molar-refractivity contribution in [2.75, 3.05) is 6.54 Å². The summed E-state index contributed by atoms with van der Waals surface area (Å²) in [4.78, 5) is 16.2. The molecule has 1 aliphatic carbocycles. The third-order valence-electron chi connectivity index (χ3n) is 5.13. The Morgan fingerprint density at radius 3 is 3.00 bits per heavy atom. The summed E-state index contributed by atoms with van der Waals surface area (Å²) in [6, 6.07) is 2.50. The van der Waals surface area contributed by atoms with Crippen LogP contribution in [0.3, 0.4) is 0 Å². The van der Waals surface area contributed by atoms with E-state index in [4.69, 9.17) is 0 Å². The van der Waals surface area contributed by atoms with Gasteiger partial charge in [0.05, 0.1) is 11.8 Å². The second-order valence-corrected chi connectivity index (χ2v) is 7.35. The summed E-state index contributed by atoms with van der Waals surface area (Å²) in [6.45, 7) is 0.927. The van der Waals surface area contributed by atoms with Gasteiger partial charge in [0.2, 0.25) is 0 Å². The number of likely N-dealkylation sites (tertiary alicyclic amines) is 1. The van der Waals surface area contributed by atoms with E-state index in [1.54, 1.807) is 17.5 Å². The quantitative estimate of drug-likeness (QED) is 0.912. The van der Waals surface area contributed by atoms with Crippen LogP contribution in [0.1, 0.15) is 48.9 Å². The lowest BCUT2D eigenvalue weighted by Crippen LogP contribution is -2.49. The molecule has 22 heavy (non-hydrogen) atoms. The number of nitrogens with one attached hydrogen (secondary N) is 1. The Bertz CT molecular complexity index is 647. The SMILES string of the molecule is O=C(c1csc(-c2cn[nH]c2)c1)N1CCCC2CCCCC21. The molecular formula is C17H21N3OS. The molecule has 2 unspecified atom stereocenters. The predicted octanol–water partition coefficient (Wildman–Crippen LogP) is 3.93. The first-order chi connectivity index (χ1) is 10.8. The van der Waals surface area contributed by atoms with Crippen LogP contribution < -0.4 is 0 Å². The summed E-state index contributed by atoms with van der Waals surface area (Å²) in [5, 5.41) is 8.81. The highest BCUT2D eigenvalue weighted by Gasteiger charge is 2.36. The zero-order valence-electron chi connectivity index (χ0n) is 12.6. The van der Waals surface area contributed by atoms with E-state index in [1.165, 1.54) is 32.1 Å². The second kappa shape index (κ2) is 5.88. The summed E-state index contributed by atoms with van der Waals surface area (Å²) in [6.07, 6.45) is 11.2. The minimum atomic E-state index is 0.225. The summed E-state index contributed by atoms with van der Waals surface area (Å²) in [5.41, 5.74) is 1.89. The van der Waals surface area contributed by atoms with Crippen LogP contribution in [-0.4, -0.2) is 33.6 Å². The molecule has 1 N–H and O–H groups in total. The van der Waals surface area contributed by atoms with Gasteiger partial charge in [-0.3, -0.25) is 9.89 Å². The van der Waals surface area contributed by atoms with Gasteiger partial charge < -0.3 is 4.90 Å². The molecule has 5 heteroatoms. The van der Waals surface area contributed by atoms with Gasteiger partial charge in [-0.05, 0) is 37.7 Å². The van der Waals surface area contributed by atoms with Gasteiger partial charge in [0.25, 0.3) is 5.91 Å². The van der Waals surface area contributed by atoms with Crippen LogP contribution in [0.15, 0.2) is 23.8 Å². The number of carbonyl (C=O) groups excluding carboxylic acids is 1. The standard InChI is InChI=1S/C17H21N3OS/c21-17(13-8-16(22-11-13)14-9-18-19-10-14)20-7-3-5-12-4-1-2-6-15(12)20/h8-12,15H,1-7H2,(H,18,19). The van der Waals surface area contributed by atoms with Crippen LogP contribution >= 0.6 is 11.3 Å². The number of aromatic amines is 1. The van der Waals surface area contributed by atoms with E-state index >= 15 is 0 Å². The molecule has 2 aliphatic rings. The van der Waals surface area contributed by atoms with Gasteiger partial charge >= 0.3 is 0 Å². The molecule has 1 saturated heterocycles. The zero-order valence-corrected chi connectivity index (χ0v) is 13.4. The van der Waals surface area contributed by atoms with Gasteiger partial charge in [0.1, 0.15) is 0 Å². The van der Waals surface area contributed by atoms with E-state index in [2.05, 4.69) is 15.1 Å². The van der Waals surface area contributed by atoms with Crippen molar-refractivity contribution >= 4 is 17.2 Å². The van der Waals surface area contributed by atoms with Gasteiger partial charge in [-0.15, -0.1) is 11.3 Å². The van der Waals surface area contributed by atoms with Crippen molar-refractivity contribution in [2.24, 2.45) is 5.92 Å². The molecule has 4 rings (SSSR count). The highest BCUT2D eigenvalue weighted by Crippen LogP contribution is 2.36. The first-order valence-electron chi connectivity index (χ1n) is 8.21. The van der Waals surface area contributed by atoms with E-state index in [9.17, 15) is 4.79 Å². The number of hydrogen-bond acceptors (Lipinski definition) is 3. The minimum absolute atomic E-state index is 0.225. The van der Waals surface area contributed by atoms with Gasteiger partial charge in [-0.25, -0.2) is 0 Å². The molecule has 0 bridgehead atoms. The minimum Gasteiger partial charge on any atom is -0.335 e. The monoisotopic (exact) mass is 315 g/mol. The average Bonchev–Trinajstić information content (AvgIpc) is 3.24. The molecule has 2 aromatic rings. The average molecular weight is 315 g/mol. The Morgan fingerprint density at radius 1 is 1.27 bits per heavy atom. The Kier molecular flexibility index (Phi) is 3.74. The van der Waals surface area contributed by atoms with Crippen molar-refractivity contribution in [1.29, 1.82) is 0 Å². The third kappa shape index (κ3) is 2.47. The van der Waals surface area contributed by atoms with Crippen molar-refractivity contribution in [3.05, 3.63) is 29.4 Å². The number of hydrogen-bond donors (Lipinski definition) is 1. The van der Waals surface area contributed by atoms with Crippen molar-refractivity contribution in [3.63, 3.8) is 0 Å². The lowest BCUT2D eigenvalue weighted by atomic mass is 9.78. The molecule has 0 radical (unpaired) electrons. The maximum absolute atomic E-state index is 12.9. The van der Waals surface area contributed by atoms with Crippen molar-refractivity contribution in [2.45, 2.75) is 44.6 Å². The van der Waals surface area contributed by atoms with Crippen LogP contribution in [0.25, 0.3) is 10.4 Å². The lowest BCUT2D eigenvalue weighted by Gasteiger charge is -2.44. The molecule has 1 saturated carbocycles. The molecule has 1 amide bonds. The number of rotatable bonds is 2. The Balaban J connectivity index is 1.56. The number of nitrogens with zero attached hydrogens (tertiary/aromatic N) is 2. The number of carbonyl (C=O) groups is 1. The first kappa shape index (κ1) is 14.0. The summed E-state index contributed by atoms with van der Waals surface area (Å²) in [5.74, 6) is 0.959. The predicted molar refractivity (Wildman–Crippen MR) is 87.9 cm³/mol. The molecular weight excluding hydrogens is 294 g/mol. The summed E-state index contributed by atoms with van der Waals surface area (Å²) >= 11 is 1.62. The summed E-state index contributed by atoms with van der Waals surface area (Å²) in [7, 11) is 0. The third-order valence-corrected chi connectivity index (χ3v) is 6.11. The Labute approximate surface area is 134 Å². The first-order valence-corrected chi connectivity index (χ1v) is 9.09. The van der Waals surface area contributed by atoms with Gasteiger partial charge in [0, 0.05) is 34.6 Å². The second-order valence-electron chi connectivity index (χ2n) is 6.44. The molecule has 2 fully saturated rings. The zero-order chi connectivity index (χ0) is 14.9. The molecule has 0 aromatic carbocycles. The smallest absolute Gasteiger partial charge is 0.254 e. The fraction of sp³-hybridized carbons (Fsp3) is 0.529. The van der Waals surface area contributed by atoms with Gasteiger partial charge in [-0.2, -0.15) is 5.10 Å². The number of amides is 1. The largest absolute Gasteiger partial charge is 0.335 e. The maximum atomic E-state index is 12.9. The molecule has 2 aromatic heterocycles. The van der Waals surface area contributed by atoms with Gasteiger partial charge in [-0.1, -0.05) is 12.8 Å². The molecule has 3 heterocycles. The van der Waals surface area contributed by atoms with Crippen molar-refractivity contribution in [1.82, 2.24) is 15.1 Å². The fourth-order valence-electron chi connectivity index (χ4n) is 4.03. The van der Waals surface area contributed by atoms with Crippen LogP contribution in [-0.2, 0) is 0 Å². The Morgan fingerprint density at radius 2 is 2.14 bits per heavy atom. The van der Waals surface area contributed by atoms with Crippen LogP contribution in [0.2, 0.25) is 0 Å². The van der Waals surface area contributed by atoms with E-state index in [1.807, 2.05) is 17.6 Å². The fourth-order valence-corrected chi connectivity index (χ4v) is 4.89. The van der Waals surface area contributed by atoms with Gasteiger partial charge in [0.15, 0.2) is 0 Å². The van der Waals surface area contributed by atoms with Crippen LogP contribution in [0.4, 0.5) is 0 Å². The number of piperidine rings is 1. The van der Waals surface area contributed by atoms with E-state index in [-0.39, 0.29) is 5.91 Å². The number of fused-ring (bicyclic) bond motifs is 1. The highest BCUT2D eigenvalue weighted by atomic mass is 32.1. The molecule has 4 nitrogen and oxygen atoms in total. The normalized spacial score (nSPS) is 25.0. The lowest BCUT2D eigenvalue weighted by molar-refractivity contribution is 0.0391. The molecule has 116 valence electrons. The van der Waals surface area contributed by atoms with Crippen LogP contribution in [0, 0.1) is 5.92 Å². The molecule has 2 atom stereocenters. The van der Waals surface area contributed by atoms with E-state index in [0.717, 1.165) is 34.9 Å². The molecule has 1 aliphatic heterocycles. The highest BCUT2D eigenvalue weighted by molar-refractivity contribution is 7.13. The Hall–Kier alpha value is -1.62. The number of H-pyrrole nitrogens is 1. The molecule has 0 spiro atoms. The van der Waals surface area contributed by atoms with Crippen molar-refractivity contribution < 1.29 is 4.79 Å². The number of thiophene rings is 1. The maximum Gasteiger partial charge on any atom is 0.254 e. The van der Waals surface area contributed by atoms with E-state index in [0.29, 0.717) is 6.04 Å². The van der Waals surface area contributed by atoms with Crippen molar-refractivity contribution in [3.8, 4) is 10.4 Å². The number of aromatic nitrogens is 2. The van der Waals surface area contributed by atoms with Crippen LogP contribution in [0.5, 0.6) is 0 Å².